The highest BCUT2D eigenvalue weighted by atomic mass is 16.3. The molecule has 3 rings (SSSR count). The van der Waals surface area contributed by atoms with Crippen molar-refractivity contribution in [2.45, 2.75) is 65.0 Å². The fraction of sp³-hybridized carbons (Fsp3) is 0.588. The number of nitrogens with one attached hydrogen (secondary N) is 2. The molecule has 0 amide bonds. The Labute approximate surface area is 126 Å². The summed E-state index contributed by atoms with van der Waals surface area (Å²) in [4.78, 5) is 0. The van der Waals surface area contributed by atoms with Crippen LogP contribution in [-0.4, -0.2) is 16.2 Å². The van der Waals surface area contributed by atoms with Gasteiger partial charge in [0.1, 0.15) is 11.5 Å². The number of aryl methyl sites for hydroxylation is 2. The predicted molar refractivity (Wildman–Crippen MR) is 83.4 cm³/mol. The Hall–Kier alpha value is -1.55. The zero-order valence-corrected chi connectivity index (χ0v) is 13.4. The number of furan rings is 1. The molecule has 1 unspecified atom stereocenters. The van der Waals surface area contributed by atoms with Crippen molar-refractivity contribution in [3.8, 4) is 0 Å². The summed E-state index contributed by atoms with van der Waals surface area (Å²) in [5, 5.41) is 10.9. The van der Waals surface area contributed by atoms with E-state index in [9.17, 15) is 0 Å². The second-order valence-corrected chi connectivity index (χ2v) is 7.14. The second-order valence-electron chi connectivity index (χ2n) is 7.14. The van der Waals surface area contributed by atoms with Gasteiger partial charge in [0.05, 0.1) is 6.20 Å². The standard InChI is InChI=1S/C17H25N3O/c1-11-12(8-16(21-11)17(2,3)4)9-18-14-5-6-15-13(7-14)10-19-20-15/h8,10,14,18H,5-7,9H2,1-4H3,(H,19,20). The Kier molecular flexibility index (Phi) is 3.66. The third kappa shape index (κ3) is 3.05. The van der Waals surface area contributed by atoms with Crippen molar-refractivity contribution in [2.24, 2.45) is 0 Å². The van der Waals surface area contributed by atoms with Crippen molar-refractivity contribution in [1.82, 2.24) is 15.5 Å². The van der Waals surface area contributed by atoms with E-state index in [4.69, 9.17) is 4.42 Å². The van der Waals surface area contributed by atoms with Gasteiger partial charge in [0.2, 0.25) is 0 Å². The minimum atomic E-state index is 0.0690. The van der Waals surface area contributed by atoms with E-state index in [0.717, 1.165) is 37.3 Å². The largest absolute Gasteiger partial charge is 0.465 e. The molecule has 2 heterocycles. The highest BCUT2D eigenvalue weighted by molar-refractivity contribution is 5.25. The van der Waals surface area contributed by atoms with Crippen molar-refractivity contribution in [2.75, 3.05) is 0 Å². The maximum Gasteiger partial charge on any atom is 0.109 e. The van der Waals surface area contributed by atoms with Gasteiger partial charge in [-0.05, 0) is 37.8 Å². The van der Waals surface area contributed by atoms with Gasteiger partial charge in [-0.15, -0.1) is 0 Å². The molecule has 4 heteroatoms. The molecule has 0 fully saturated rings. The quantitative estimate of drug-likeness (QED) is 0.911. The summed E-state index contributed by atoms with van der Waals surface area (Å²) in [6, 6.07) is 2.73. The highest BCUT2D eigenvalue weighted by Crippen LogP contribution is 2.27. The van der Waals surface area contributed by atoms with Crippen LogP contribution in [0.2, 0.25) is 0 Å². The lowest BCUT2D eigenvalue weighted by Crippen LogP contribution is -2.33. The second kappa shape index (κ2) is 5.34. The first-order valence-electron chi connectivity index (χ1n) is 7.78. The molecule has 2 aromatic heterocycles. The summed E-state index contributed by atoms with van der Waals surface area (Å²) in [7, 11) is 0. The zero-order chi connectivity index (χ0) is 15.0. The number of hydrogen-bond acceptors (Lipinski definition) is 3. The summed E-state index contributed by atoms with van der Waals surface area (Å²) in [5.74, 6) is 2.10. The molecular weight excluding hydrogens is 262 g/mol. The summed E-state index contributed by atoms with van der Waals surface area (Å²) in [6.45, 7) is 9.49. The highest BCUT2D eigenvalue weighted by Gasteiger charge is 2.22. The van der Waals surface area contributed by atoms with Crippen LogP contribution in [0, 0.1) is 6.92 Å². The minimum Gasteiger partial charge on any atom is -0.465 e. The van der Waals surface area contributed by atoms with Crippen LogP contribution in [0.5, 0.6) is 0 Å². The Morgan fingerprint density at radius 3 is 2.95 bits per heavy atom. The van der Waals surface area contributed by atoms with Gasteiger partial charge in [-0.3, -0.25) is 5.10 Å². The Morgan fingerprint density at radius 1 is 1.43 bits per heavy atom. The molecule has 21 heavy (non-hydrogen) atoms. The summed E-state index contributed by atoms with van der Waals surface area (Å²) >= 11 is 0. The average molecular weight is 287 g/mol. The maximum absolute atomic E-state index is 5.91. The number of hydrogen-bond donors (Lipinski definition) is 2. The summed E-state index contributed by atoms with van der Waals surface area (Å²) in [6.07, 6.45) is 5.28. The monoisotopic (exact) mass is 287 g/mol. The minimum absolute atomic E-state index is 0.0690. The first-order chi connectivity index (χ1) is 9.93. The number of rotatable bonds is 3. The van der Waals surface area contributed by atoms with Gasteiger partial charge in [0.15, 0.2) is 0 Å². The smallest absolute Gasteiger partial charge is 0.109 e. The van der Waals surface area contributed by atoms with Crippen molar-refractivity contribution in [3.63, 3.8) is 0 Å². The molecule has 114 valence electrons. The number of nitrogens with zero attached hydrogens (tertiary/aromatic N) is 1. The van der Waals surface area contributed by atoms with Crippen LogP contribution in [0.3, 0.4) is 0 Å². The van der Waals surface area contributed by atoms with Gasteiger partial charge >= 0.3 is 0 Å². The lowest BCUT2D eigenvalue weighted by molar-refractivity contribution is 0.393. The van der Waals surface area contributed by atoms with E-state index in [2.05, 4.69) is 49.3 Å². The van der Waals surface area contributed by atoms with E-state index in [1.165, 1.54) is 16.8 Å². The van der Waals surface area contributed by atoms with E-state index in [-0.39, 0.29) is 5.41 Å². The third-order valence-corrected chi connectivity index (χ3v) is 4.36. The Bertz CT molecular complexity index is 618. The molecule has 0 aliphatic heterocycles. The average Bonchev–Trinajstić information content (AvgIpc) is 3.01. The molecule has 1 atom stereocenters. The molecule has 0 bridgehead atoms. The van der Waals surface area contributed by atoms with Crippen molar-refractivity contribution in [1.29, 1.82) is 0 Å². The topological polar surface area (TPSA) is 53.9 Å². The van der Waals surface area contributed by atoms with Crippen LogP contribution in [0.25, 0.3) is 0 Å². The third-order valence-electron chi connectivity index (χ3n) is 4.36. The van der Waals surface area contributed by atoms with E-state index in [1.807, 2.05) is 6.20 Å². The number of aromatic amines is 1. The molecule has 2 aromatic rings. The van der Waals surface area contributed by atoms with Crippen LogP contribution >= 0.6 is 0 Å². The van der Waals surface area contributed by atoms with Gasteiger partial charge in [-0.1, -0.05) is 20.8 Å². The van der Waals surface area contributed by atoms with Gasteiger partial charge < -0.3 is 9.73 Å². The molecule has 4 nitrogen and oxygen atoms in total. The first kappa shape index (κ1) is 14.4. The van der Waals surface area contributed by atoms with Crippen LogP contribution in [0.4, 0.5) is 0 Å². The lowest BCUT2D eigenvalue weighted by atomic mass is 9.92. The number of aromatic nitrogens is 2. The lowest BCUT2D eigenvalue weighted by Gasteiger charge is -2.22. The van der Waals surface area contributed by atoms with E-state index in [1.54, 1.807) is 0 Å². The van der Waals surface area contributed by atoms with Crippen molar-refractivity contribution in [3.05, 3.63) is 40.6 Å². The molecule has 2 N–H and O–H groups in total. The van der Waals surface area contributed by atoms with Gasteiger partial charge in [0, 0.05) is 29.3 Å². The van der Waals surface area contributed by atoms with Crippen molar-refractivity contribution < 1.29 is 4.42 Å². The molecule has 1 aliphatic carbocycles. The first-order valence-corrected chi connectivity index (χ1v) is 7.78. The van der Waals surface area contributed by atoms with E-state index >= 15 is 0 Å². The molecule has 0 aromatic carbocycles. The van der Waals surface area contributed by atoms with Crippen LogP contribution in [0.1, 0.15) is 55.5 Å². The molecule has 0 radical (unpaired) electrons. The van der Waals surface area contributed by atoms with Gasteiger partial charge in [-0.2, -0.15) is 5.10 Å². The van der Waals surface area contributed by atoms with Crippen LogP contribution < -0.4 is 5.32 Å². The summed E-state index contributed by atoms with van der Waals surface area (Å²) in [5.41, 5.74) is 4.01. The molecule has 0 spiro atoms. The van der Waals surface area contributed by atoms with Crippen LogP contribution in [-0.2, 0) is 24.8 Å². The fourth-order valence-electron chi connectivity index (χ4n) is 2.91. The Balaban J connectivity index is 1.62. The normalized spacial score (nSPS) is 18.8. The van der Waals surface area contributed by atoms with E-state index < -0.39 is 0 Å². The maximum atomic E-state index is 5.91. The number of fused-ring (bicyclic) bond motifs is 1. The van der Waals surface area contributed by atoms with Gasteiger partial charge in [0.25, 0.3) is 0 Å². The molecule has 0 saturated carbocycles. The van der Waals surface area contributed by atoms with Crippen LogP contribution in [0.15, 0.2) is 16.7 Å². The predicted octanol–water partition coefficient (Wildman–Crippen LogP) is 3.26. The number of H-pyrrole nitrogens is 1. The fourth-order valence-corrected chi connectivity index (χ4v) is 2.91. The molecular formula is C17H25N3O. The zero-order valence-electron chi connectivity index (χ0n) is 13.4. The Morgan fingerprint density at radius 2 is 2.24 bits per heavy atom. The SMILES string of the molecule is Cc1oc(C(C)(C)C)cc1CNC1CCc2[nH]ncc2C1. The molecule has 0 saturated heterocycles. The van der Waals surface area contributed by atoms with Crippen molar-refractivity contribution >= 4 is 0 Å². The molecule has 1 aliphatic rings. The van der Waals surface area contributed by atoms with Gasteiger partial charge in [-0.25, -0.2) is 0 Å². The van der Waals surface area contributed by atoms with E-state index in [0.29, 0.717) is 6.04 Å². The summed E-state index contributed by atoms with van der Waals surface area (Å²) < 4.78 is 5.91.